The van der Waals surface area contributed by atoms with Crippen molar-refractivity contribution < 1.29 is 29.1 Å². The number of anilines is 2. The van der Waals surface area contributed by atoms with Gasteiger partial charge in [-0.1, -0.05) is 11.6 Å². The van der Waals surface area contributed by atoms with Gasteiger partial charge >= 0.3 is 5.97 Å². The van der Waals surface area contributed by atoms with E-state index in [0.717, 1.165) is 0 Å². The fourth-order valence-electron chi connectivity index (χ4n) is 3.11. The standard InChI is InChI=1S/C19H18ClN3O7/c1-29-17-14(20)8-11(19(25)26)9-15(17)21-18(24)13-10-12(23(27)28)2-3-16(13)22-4-6-30-7-5-22/h2-3,8-10H,4-7H2,1H3,(H,21,24)(H,25,26). The number of amides is 1. The molecule has 0 spiro atoms. The van der Waals surface area contributed by atoms with Gasteiger partial charge in [0, 0.05) is 25.2 Å². The molecule has 2 aromatic rings. The van der Waals surface area contributed by atoms with Crippen molar-refractivity contribution in [3.63, 3.8) is 0 Å². The second-order valence-corrected chi connectivity index (χ2v) is 6.76. The summed E-state index contributed by atoms with van der Waals surface area (Å²) in [4.78, 5) is 36.9. The normalized spacial score (nSPS) is 13.6. The zero-order valence-electron chi connectivity index (χ0n) is 15.9. The van der Waals surface area contributed by atoms with Crippen LogP contribution >= 0.6 is 11.6 Å². The average Bonchev–Trinajstić information content (AvgIpc) is 2.73. The van der Waals surface area contributed by atoms with Gasteiger partial charge in [-0.15, -0.1) is 0 Å². The number of morpholine rings is 1. The highest BCUT2D eigenvalue weighted by Crippen LogP contribution is 2.35. The molecule has 0 unspecified atom stereocenters. The Balaban J connectivity index is 2.03. The summed E-state index contributed by atoms with van der Waals surface area (Å²) >= 11 is 6.08. The number of rotatable bonds is 6. The summed E-state index contributed by atoms with van der Waals surface area (Å²) in [6, 6.07) is 6.41. The highest BCUT2D eigenvalue weighted by molar-refractivity contribution is 6.33. The lowest BCUT2D eigenvalue weighted by Gasteiger charge is -2.30. The van der Waals surface area contributed by atoms with E-state index in [1.165, 1.54) is 37.4 Å². The molecule has 10 nitrogen and oxygen atoms in total. The van der Waals surface area contributed by atoms with Crippen molar-refractivity contribution in [2.24, 2.45) is 0 Å². The number of benzene rings is 2. The first-order valence-electron chi connectivity index (χ1n) is 8.85. The minimum atomic E-state index is -1.24. The van der Waals surface area contributed by atoms with Crippen LogP contribution in [-0.2, 0) is 4.74 Å². The van der Waals surface area contributed by atoms with Crippen LogP contribution in [0.15, 0.2) is 30.3 Å². The predicted molar refractivity (Wildman–Crippen MR) is 109 cm³/mol. The van der Waals surface area contributed by atoms with Crippen LogP contribution < -0.4 is 15.0 Å². The third-order valence-corrected chi connectivity index (χ3v) is 4.81. The molecule has 11 heteroatoms. The Hall–Kier alpha value is -3.37. The van der Waals surface area contributed by atoms with Crippen LogP contribution in [0.5, 0.6) is 5.75 Å². The fourth-order valence-corrected chi connectivity index (χ4v) is 3.40. The number of aromatic carboxylic acids is 1. The van der Waals surface area contributed by atoms with Crippen LogP contribution in [0.3, 0.4) is 0 Å². The number of hydrogen-bond acceptors (Lipinski definition) is 7. The quantitative estimate of drug-likeness (QED) is 0.522. The lowest BCUT2D eigenvalue weighted by atomic mass is 10.1. The van der Waals surface area contributed by atoms with E-state index in [2.05, 4.69) is 5.32 Å². The Labute approximate surface area is 176 Å². The van der Waals surface area contributed by atoms with Gasteiger partial charge in [0.15, 0.2) is 5.75 Å². The summed E-state index contributed by atoms with van der Waals surface area (Å²) in [5, 5.41) is 23.0. The summed E-state index contributed by atoms with van der Waals surface area (Å²) in [7, 11) is 1.32. The Morgan fingerprint density at radius 2 is 1.97 bits per heavy atom. The molecule has 2 aromatic carbocycles. The lowest BCUT2D eigenvalue weighted by molar-refractivity contribution is -0.384. The zero-order chi connectivity index (χ0) is 21.8. The first kappa shape index (κ1) is 21.3. The van der Waals surface area contributed by atoms with Gasteiger partial charge in [0.2, 0.25) is 0 Å². The summed E-state index contributed by atoms with van der Waals surface area (Å²) in [5.41, 5.74) is 0.197. The number of non-ortho nitro benzene ring substituents is 1. The highest BCUT2D eigenvalue weighted by Gasteiger charge is 2.24. The van der Waals surface area contributed by atoms with Crippen molar-refractivity contribution in [3.05, 3.63) is 56.6 Å². The average molecular weight is 436 g/mol. The molecule has 1 amide bonds. The van der Waals surface area contributed by atoms with Gasteiger partial charge in [0.25, 0.3) is 11.6 Å². The number of halogens is 1. The SMILES string of the molecule is COc1c(Cl)cc(C(=O)O)cc1NC(=O)c1cc([N+](=O)[O-])ccc1N1CCOCC1. The van der Waals surface area contributed by atoms with E-state index in [4.69, 9.17) is 21.1 Å². The maximum absolute atomic E-state index is 13.1. The van der Waals surface area contributed by atoms with Crippen molar-refractivity contribution in [2.45, 2.75) is 0 Å². The van der Waals surface area contributed by atoms with Gasteiger partial charge in [0.1, 0.15) is 0 Å². The molecule has 3 rings (SSSR count). The Kier molecular flexibility index (Phi) is 6.38. The molecule has 2 N–H and O–H groups in total. The maximum atomic E-state index is 13.1. The molecule has 0 atom stereocenters. The smallest absolute Gasteiger partial charge is 0.335 e. The molecule has 0 aliphatic carbocycles. The van der Waals surface area contributed by atoms with Crippen molar-refractivity contribution in [1.82, 2.24) is 0 Å². The van der Waals surface area contributed by atoms with E-state index >= 15 is 0 Å². The van der Waals surface area contributed by atoms with E-state index in [1.807, 2.05) is 4.90 Å². The molecule has 1 fully saturated rings. The fraction of sp³-hybridized carbons (Fsp3) is 0.263. The minimum Gasteiger partial charge on any atom is -0.493 e. The molecule has 0 aromatic heterocycles. The topological polar surface area (TPSA) is 131 Å². The number of ether oxygens (including phenoxy) is 2. The van der Waals surface area contributed by atoms with Gasteiger partial charge < -0.3 is 24.8 Å². The van der Waals surface area contributed by atoms with Gasteiger partial charge in [-0.3, -0.25) is 14.9 Å². The zero-order valence-corrected chi connectivity index (χ0v) is 16.6. The molecule has 1 aliphatic heterocycles. The van der Waals surface area contributed by atoms with Crippen molar-refractivity contribution in [3.8, 4) is 5.75 Å². The summed E-state index contributed by atoms with van der Waals surface area (Å²) in [5.74, 6) is -1.83. The third-order valence-electron chi connectivity index (χ3n) is 4.53. The molecule has 30 heavy (non-hydrogen) atoms. The number of carbonyl (C=O) groups is 2. The number of carboxylic acid groups (broad SMARTS) is 1. The van der Waals surface area contributed by atoms with Gasteiger partial charge in [0.05, 0.1) is 52.8 Å². The van der Waals surface area contributed by atoms with E-state index in [0.29, 0.717) is 32.0 Å². The van der Waals surface area contributed by atoms with Gasteiger partial charge in [-0.25, -0.2) is 4.79 Å². The largest absolute Gasteiger partial charge is 0.493 e. The number of hydrogen-bond donors (Lipinski definition) is 2. The van der Waals surface area contributed by atoms with Gasteiger partial charge in [-0.2, -0.15) is 0 Å². The highest BCUT2D eigenvalue weighted by atomic mass is 35.5. The predicted octanol–water partition coefficient (Wildman–Crippen LogP) is 3.04. The third kappa shape index (κ3) is 4.44. The second kappa shape index (κ2) is 8.97. The summed E-state index contributed by atoms with van der Waals surface area (Å²) < 4.78 is 10.5. The minimum absolute atomic E-state index is 0.000134. The van der Waals surface area contributed by atoms with Crippen LogP contribution in [0.2, 0.25) is 5.02 Å². The molecular formula is C19H18ClN3O7. The molecule has 0 bridgehead atoms. The van der Waals surface area contributed by atoms with Gasteiger partial charge in [-0.05, 0) is 18.2 Å². The second-order valence-electron chi connectivity index (χ2n) is 6.36. The number of methoxy groups -OCH3 is 1. The first-order chi connectivity index (χ1) is 14.3. The van der Waals surface area contributed by atoms with Crippen molar-refractivity contribution in [2.75, 3.05) is 43.6 Å². The van der Waals surface area contributed by atoms with Crippen molar-refractivity contribution in [1.29, 1.82) is 0 Å². The number of nitro benzene ring substituents is 1. The monoisotopic (exact) mass is 435 g/mol. The van der Waals surface area contributed by atoms with E-state index in [-0.39, 0.29) is 33.3 Å². The molecule has 1 aliphatic rings. The van der Waals surface area contributed by atoms with E-state index in [1.54, 1.807) is 0 Å². The molecule has 158 valence electrons. The molecular weight excluding hydrogens is 418 g/mol. The number of nitro groups is 1. The number of nitrogens with zero attached hydrogens (tertiary/aromatic N) is 2. The Bertz CT molecular complexity index is 1010. The van der Waals surface area contributed by atoms with Crippen LogP contribution in [-0.4, -0.2) is 55.3 Å². The first-order valence-corrected chi connectivity index (χ1v) is 9.23. The number of carbonyl (C=O) groups excluding carboxylic acids is 1. The van der Waals surface area contributed by atoms with Crippen LogP contribution in [0.4, 0.5) is 17.1 Å². The molecule has 1 saturated heterocycles. The molecule has 0 radical (unpaired) electrons. The Morgan fingerprint density at radius 1 is 1.27 bits per heavy atom. The van der Waals surface area contributed by atoms with E-state index < -0.39 is 16.8 Å². The number of nitrogens with one attached hydrogen (secondary N) is 1. The van der Waals surface area contributed by atoms with Crippen molar-refractivity contribution >= 4 is 40.5 Å². The van der Waals surface area contributed by atoms with E-state index in [9.17, 15) is 24.8 Å². The lowest BCUT2D eigenvalue weighted by Crippen LogP contribution is -2.37. The Morgan fingerprint density at radius 3 is 2.57 bits per heavy atom. The summed E-state index contributed by atoms with van der Waals surface area (Å²) in [6.07, 6.45) is 0. The van der Waals surface area contributed by atoms with Crippen LogP contribution in [0.1, 0.15) is 20.7 Å². The molecule has 0 saturated carbocycles. The molecule has 1 heterocycles. The maximum Gasteiger partial charge on any atom is 0.335 e. The van der Waals surface area contributed by atoms with Crippen LogP contribution in [0, 0.1) is 10.1 Å². The number of carboxylic acids is 1. The summed E-state index contributed by atoms with van der Waals surface area (Å²) in [6.45, 7) is 1.95. The van der Waals surface area contributed by atoms with Crippen LogP contribution in [0.25, 0.3) is 0 Å².